The second kappa shape index (κ2) is 4.65. The van der Waals surface area contributed by atoms with Gasteiger partial charge in [0.25, 0.3) is 0 Å². The molecular formula is C13H17NO4. The molecular weight excluding hydrogens is 234 g/mol. The fraction of sp³-hybridized carbons (Fsp3) is 0.615. The zero-order chi connectivity index (χ0) is 12.5. The number of fused-ring (bicyclic) bond motifs is 1. The van der Waals surface area contributed by atoms with Gasteiger partial charge in [-0.3, -0.25) is 0 Å². The molecule has 2 aliphatic rings. The van der Waals surface area contributed by atoms with Crippen LogP contribution in [-0.4, -0.2) is 36.4 Å². The van der Waals surface area contributed by atoms with E-state index in [2.05, 4.69) is 4.90 Å². The Kier molecular flexibility index (Phi) is 2.99. The molecule has 0 spiro atoms. The summed E-state index contributed by atoms with van der Waals surface area (Å²) in [5.74, 6) is -0.355. The van der Waals surface area contributed by atoms with Gasteiger partial charge in [-0.15, -0.1) is 0 Å². The molecule has 1 aromatic rings. The van der Waals surface area contributed by atoms with Crippen molar-refractivity contribution in [2.45, 2.75) is 37.8 Å². The molecule has 5 heteroatoms. The lowest BCUT2D eigenvalue weighted by atomic mass is 9.90. The smallest absolute Gasteiger partial charge is 0.371 e. The monoisotopic (exact) mass is 251 g/mol. The maximum absolute atomic E-state index is 10.8. The number of hydrogen-bond acceptors (Lipinski definition) is 4. The molecule has 18 heavy (non-hydrogen) atoms. The predicted octanol–water partition coefficient (Wildman–Crippen LogP) is 2.13. The summed E-state index contributed by atoms with van der Waals surface area (Å²) < 4.78 is 11.2. The number of nitrogens with zero attached hydrogens (tertiary/aromatic N) is 1. The van der Waals surface area contributed by atoms with Gasteiger partial charge < -0.3 is 19.2 Å². The van der Waals surface area contributed by atoms with Crippen LogP contribution in [0.1, 0.15) is 36.2 Å². The van der Waals surface area contributed by atoms with E-state index in [1.165, 1.54) is 18.9 Å². The molecule has 1 saturated heterocycles. The molecule has 98 valence electrons. The van der Waals surface area contributed by atoms with Crippen molar-refractivity contribution in [2.75, 3.05) is 18.1 Å². The first kappa shape index (κ1) is 11.6. The van der Waals surface area contributed by atoms with Gasteiger partial charge in [0.05, 0.1) is 18.8 Å². The third-order valence-corrected chi connectivity index (χ3v) is 3.82. The number of furan rings is 1. The molecule has 2 heterocycles. The fourth-order valence-corrected chi connectivity index (χ4v) is 2.97. The molecule has 5 nitrogen and oxygen atoms in total. The van der Waals surface area contributed by atoms with Crippen LogP contribution in [0.25, 0.3) is 0 Å². The first-order chi connectivity index (χ1) is 8.75. The van der Waals surface area contributed by atoms with E-state index < -0.39 is 5.97 Å². The normalized spacial score (nSPS) is 27.9. The first-order valence-corrected chi connectivity index (χ1v) is 6.47. The Balaban J connectivity index is 1.82. The van der Waals surface area contributed by atoms with Crippen molar-refractivity contribution < 1.29 is 19.1 Å². The number of anilines is 1. The standard InChI is InChI=1S/C13H17NO4/c15-13(16)11-5-6-12(18-11)14-7-8-17-10-4-2-1-3-9(10)14/h5-6,9-10H,1-4,7-8H2,(H,15,16). The van der Waals surface area contributed by atoms with E-state index in [1.807, 2.05) is 0 Å². The highest BCUT2D eigenvalue weighted by Crippen LogP contribution is 2.32. The third-order valence-electron chi connectivity index (χ3n) is 3.82. The highest BCUT2D eigenvalue weighted by Gasteiger charge is 2.35. The molecule has 0 aromatic carbocycles. The number of ether oxygens (including phenoxy) is 1. The van der Waals surface area contributed by atoms with Crippen LogP contribution in [0.15, 0.2) is 16.5 Å². The number of aromatic carboxylic acids is 1. The summed E-state index contributed by atoms with van der Waals surface area (Å²) in [5.41, 5.74) is 0. The minimum absolute atomic E-state index is 0.00357. The highest BCUT2D eigenvalue weighted by molar-refractivity contribution is 5.84. The van der Waals surface area contributed by atoms with Crippen LogP contribution in [0.2, 0.25) is 0 Å². The Morgan fingerprint density at radius 1 is 1.33 bits per heavy atom. The van der Waals surface area contributed by atoms with Gasteiger partial charge in [0.2, 0.25) is 5.76 Å². The van der Waals surface area contributed by atoms with E-state index in [1.54, 1.807) is 6.07 Å². The van der Waals surface area contributed by atoms with Crippen LogP contribution < -0.4 is 4.90 Å². The van der Waals surface area contributed by atoms with Crippen molar-refractivity contribution in [3.63, 3.8) is 0 Å². The second-order valence-electron chi connectivity index (χ2n) is 4.90. The predicted molar refractivity (Wildman–Crippen MR) is 65.0 cm³/mol. The van der Waals surface area contributed by atoms with E-state index in [0.717, 1.165) is 19.4 Å². The molecule has 0 amide bonds. The van der Waals surface area contributed by atoms with E-state index in [4.69, 9.17) is 14.3 Å². The van der Waals surface area contributed by atoms with Gasteiger partial charge in [-0.05, 0) is 18.9 Å². The topological polar surface area (TPSA) is 62.9 Å². The van der Waals surface area contributed by atoms with E-state index >= 15 is 0 Å². The van der Waals surface area contributed by atoms with Gasteiger partial charge in [-0.1, -0.05) is 12.8 Å². The number of hydrogen-bond donors (Lipinski definition) is 1. The van der Waals surface area contributed by atoms with Crippen molar-refractivity contribution in [2.24, 2.45) is 0 Å². The maximum Gasteiger partial charge on any atom is 0.371 e. The minimum Gasteiger partial charge on any atom is -0.475 e. The van der Waals surface area contributed by atoms with Crippen LogP contribution in [0, 0.1) is 0 Å². The molecule has 1 aliphatic heterocycles. The number of carbonyl (C=O) groups is 1. The average Bonchev–Trinajstić information content (AvgIpc) is 2.87. The lowest BCUT2D eigenvalue weighted by Crippen LogP contribution is -2.52. The quantitative estimate of drug-likeness (QED) is 0.872. The second-order valence-corrected chi connectivity index (χ2v) is 4.90. The van der Waals surface area contributed by atoms with Gasteiger partial charge in [-0.25, -0.2) is 4.79 Å². The largest absolute Gasteiger partial charge is 0.475 e. The van der Waals surface area contributed by atoms with Crippen molar-refractivity contribution >= 4 is 11.9 Å². The summed E-state index contributed by atoms with van der Waals surface area (Å²) in [5, 5.41) is 8.89. The molecule has 3 rings (SSSR count). The number of rotatable bonds is 2. The minimum atomic E-state index is -1.02. The molecule has 2 fully saturated rings. The van der Waals surface area contributed by atoms with Gasteiger partial charge in [-0.2, -0.15) is 0 Å². The molecule has 0 bridgehead atoms. The summed E-state index contributed by atoms with van der Waals surface area (Å²) in [7, 11) is 0. The van der Waals surface area contributed by atoms with Gasteiger partial charge in [0.1, 0.15) is 0 Å². The highest BCUT2D eigenvalue weighted by atomic mass is 16.5. The summed E-state index contributed by atoms with van der Waals surface area (Å²) in [6.07, 6.45) is 4.87. The number of carboxylic acids is 1. The van der Waals surface area contributed by atoms with E-state index in [0.29, 0.717) is 18.5 Å². The molecule has 1 aromatic heterocycles. The Hall–Kier alpha value is -1.49. The number of carboxylic acid groups (broad SMARTS) is 1. The Morgan fingerprint density at radius 3 is 2.94 bits per heavy atom. The molecule has 1 N–H and O–H groups in total. The molecule has 0 radical (unpaired) electrons. The van der Waals surface area contributed by atoms with Crippen LogP contribution in [0.4, 0.5) is 5.88 Å². The zero-order valence-electron chi connectivity index (χ0n) is 10.2. The van der Waals surface area contributed by atoms with Gasteiger partial charge in [0.15, 0.2) is 5.88 Å². The van der Waals surface area contributed by atoms with Crippen molar-refractivity contribution in [1.29, 1.82) is 0 Å². The summed E-state index contributed by atoms with van der Waals surface area (Å²) in [4.78, 5) is 13.0. The Morgan fingerprint density at radius 2 is 2.17 bits per heavy atom. The maximum atomic E-state index is 10.8. The van der Waals surface area contributed by atoms with Gasteiger partial charge >= 0.3 is 5.97 Å². The van der Waals surface area contributed by atoms with Crippen LogP contribution in [-0.2, 0) is 4.74 Å². The van der Waals surface area contributed by atoms with Crippen molar-refractivity contribution in [3.05, 3.63) is 17.9 Å². The van der Waals surface area contributed by atoms with Gasteiger partial charge in [0, 0.05) is 12.6 Å². The molecule has 1 aliphatic carbocycles. The molecule has 2 unspecified atom stereocenters. The van der Waals surface area contributed by atoms with Crippen LogP contribution >= 0.6 is 0 Å². The Bertz CT molecular complexity index is 440. The third kappa shape index (κ3) is 1.99. The van der Waals surface area contributed by atoms with Crippen molar-refractivity contribution in [3.8, 4) is 0 Å². The van der Waals surface area contributed by atoms with E-state index in [-0.39, 0.29) is 11.9 Å². The fourth-order valence-electron chi connectivity index (χ4n) is 2.97. The average molecular weight is 251 g/mol. The first-order valence-electron chi connectivity index (χ1n) is 6.47. The zero-order valence-corrected chi connectivity index (χ0v) is 10.2. The van der Waals surface area contributed by atoms with Crippen LogP contribution in [0.3, 0.4) is 0 Å². The lowest BCUT2D eigenvalue weighted by molar-refractivity contribution is -0.0103. The summed E-state index contributed by atoms with van der Waals surface area (Å²) in [6.45, 7) is 1.46. The molecule has 1 saturated carbocycles. The molecule has 2 atom stereocenters. The summed E-state index contributed by atoms with van der Waals surface area (Å²) >= 11 is 0. The van der Waals surface area contributed by atoms with E-state index in [9.17, 15) is 4.79 Å². The van der Waals surface area contributed by atoms with Crippen LogP contribution in [0.5, 0.6) is 0 Å². The Labute approximate surface area is 105 Å². The number of morpholine rings is 1. The lowest BCUT2D eigenvalue weighted by Gasteiger charge is -2.43. The SMILES string of the molecule is O=C(O)c1ccc(N2CCOC3CCCCC32)o1. The summed E-state index contributed by atoms with van der Waals surface area (Å²) in [6, 6.07) is 3.60. The van der Waals surface area contributed by atoms with Crippen molar-refractivity contribution in [1.82, 2.24) is 0 Å².